The number of nitrogens with zero attached hydrogens (tertiary/aromatic N) is 2. The van der Waals surface area contributed by atoms with Gasteiger partial charge in [0.1, 0.15) is 0 Å². The van der Waals surface area contributed by atoms with E-state index < -0.39 is 20.9 Å². The fourth-order valence-corrected chi connectivity index (χ4v) is 4.41. The van der Waals surface area contributed by atoms with E-state index in [0.29, 0.717) is 10.6 Å². The van der Waals surface area contributed by atoms with Crippen molar-refractivity contribution >= 4 is 56.2 Å². The molecule has 0 atom stereocenters. The van der Waals surface area contributed by atoms with E-state index in [0.717, 1.165) is 11.8 Å². The molecule has 29 heavy (non-hydrogen) atoms. The zero-order valence-electron chi connectivity index (χ0n) is 15.0. The van der Waals surface area contributed by atoms with Crippen molar-refractivity contribution in [3.63, 3.8) is 0 Å². The molecule has 0 radical (unpaired) electrons. The minimum atomic E-state index is -3.90. The smallest absolute Gasteiger partial charge is 0.276 e. The van der Waals surface area contributed by atoms with Crippen molar-refractivity contribution in [1.29, 1.82) is 0 Å². The highest BCUT2D eigenvalue weighted by Gasteiger charge is 2.24. The largest absolute Gasteiger partial charge is 0.319 e. The monoisotopic (exact) mass is 469 g/mol. The zero-order valence-corrected chi connectivity index (χ0v) is 18.1. The first-order chi connectivity index (χ1) is 13.7. The van der Waals surface area contributed by atoms with Crippen molar-refractivity contribution in [2.24, 2.45) is 0 Å². The van der Waals surface area contributed by atoms with Crippen LogP contribution < -0.4 is 5.32 Å². The van der Waals surface area contributed by atoms with Crippen LogP contribution in [0.4, 0.5) is 5.69 Å². The maximum Gasteiger partial charge on any atom is 0.276 e. The van der Waals surface area contributed by atoms with Crippen molar-refractivity contribution in [3.8, 4) is 0 Å². The number of carbonyl (C=O) groups excluding carboxylic acids is 1. The average molecular weight is 471 g/mol. The lowest BCUT2D eigenvalue weighted by Crippen LogP contribution is -2.18. The summed E-state index contributed by atoms with van der Waals surface area (Å²) >= 11 is 17.9. The second-order valence-corrected chi connectivity index (χ2v) is 9.25. The van der Waals surface area contributed by atoms with Crippen LogP contribution in [0.1, 0.15) is 21.6 Å². The highest BCUT2D eigenvalue weighted by atomic mass is 35.5. The Morgan fingerprint density at radius 3 is 2.48 bits per heavy atom. The molecule has 0 aliphatic rings. The maximum absolute atomic E-state index is 12.8. The number of sulfone groups is 1. The van der Waals surface area contributed by atoms with Gasteiger partial charge in [0.15, 0.2) is 5.69 Å². The summed E-state index contributed by atoms with van der Waals surface area (Å²) < 4.78 is 25.5. The molecule has 6 nitrogen and oxygen atoms in total. The lowest BCUT2D eigenvalue weighted by molar-refractivity contribution is 0.102. The molecule has 1 N–H and O–H groups in total. The lowest BCUT2D eigenvalue weighted by Gasteiger charge is -2.10. The van der Waals surface area contributed by atoms with Crippen LogP contribution in [0.3, 0.4) is 0 Å². The minimum Gasteiger partial charge on any atom is -0.319 e. The van der Waals surface area contributed by atoms with Crippen LogP contribution in [0.5, 0.6) is 0 Å². The Morgan fingerprint density at radius 2 is 1.79 bits per heavy atom. The van der Waals surface area contributed by atoms with Crippen LogP contribution >= 0.6 is 34.8 Å². The molecule has 0 saturated carbocycles. The number of hydrogen-bond acceptors (Lipinski definition) is 5. The highest BCUT2D eigenvalue weighted by Crippen LogP contribution is 2.26. The molecule has 2 aromatic carbocycles. The first-order valence-corrected chi connectivity index (χ1v) is 11.0. The molecule has 3 aromatic rings. The quantitative estimate of drug-likeness (QED) is 0.532. The van der Waals surface area contributed by atoms with Crippen LogP contribution in [0, 0.1) is 6.92 Å². The van der Waals surface area contributed by atoms with Gasteiger partial charge in [-0.25, -0.2) is 18.4 Å². The molecular weight excluding hydrogens is 457 g/mol. The number of hydrogen-bond donors (Lipinski definition) is 1. The third-order valence-electron chi connectivity index (χ3n) is 4.00. The molecule has 0 saturated heterocycles. The maximum atomic E-state index is 12.8. The fourth-order valence-electron chi connectivity index (χ4n) is 2.47. The van der Waals surface area contributed by atoms with Crippen molar-refractivity contribution < 1.29 is 13.2 Å². The Balaban J connectivity index is 1.91. The molecule has 0 fully saturated rings. The zero-order chi connectivity index (χ0) is 21.2. The first-order valence-electron chi connectivity index (χ1n) is 8.23. The summed E-state index contributed by atoms with van der Waals surface area (Å²) in [5, 5.41) is 2.56. The molecule has 3 rings (SSSR count). The lowest BCUT2D eigenvalue weighted by atomic mass is 10.1. The Bertz CT molecular complexity index is 1200. The molecule has 0 aliphatic carbocycles. The molecule has 10 heteroatoms. The summed E-state index contributed by atoms with van der Waals surface area (Å²) in [4.78, 5) is 20.3. The number of benzene rings is 2. The number of rotatable bonds is 5. The van der Waals surface area contributed by atoms with Gasteiger partial charge in [-0.05, 0) is 36.2 Å². The van der Waals surface area contributed by atoms with Crippen LogP contribution in [-0.2, 0) is 15.6 Å². The highest BCUT2D eigenvalue weighted by molar-refractivity contribution is 7.90. The van der Waals surface area contributed by atoms with E-state index in [4.69, 9.17) is 34.8 Å². The second kappa shape index (κ2) is 8.67. The first kappa shape index (κ1) is 21.5. The van der Waals surface area contributed by atoms with E-state index >= 15 is 0 Å². The van der Waals surface area contributed by atoms with Crippen LogP contribution in [0.15, 0.2) is 53.8 Å². The van der Waals surface area contributed by atoms with E-state index in [1.54, 1.807) is 18.2 Å². The van der Waals surface area contributed by atoms with Crippen LogP contribution in [-0.4, -0.2) is 24.3 Å². The van der Waals surface area contributed by atoms with Gasteiger partial charge in [-0.15, -0.1) is 0 Å². The van der Waals surface area contributed by atoms with E-state index in [1.165, 1.54) is 12.1 Å². The van der Waals surface area contributed by atoms with Gasteiger partial charge in [-0.2, -0.15) is 0 Å². The molecular formula is C19H14Cl3N3O3S. The predicted octanol–water partition coefficient (Wildman–Crippen LogP) is 4.97. The molecule has 0 spiro atoms. The molecule has 0 aliphatic heterocycles. The molecule has 1 heterocycles. The number of nitrogens with one attached hydrogen (secondary N) is 1. The van der Waals surface area contributed by atoms with Gasteiger partial charge >= 0.3 is 0 Å². The predicted molar refractivity (Wildman–Crippen MR) is 114 cm³/mol. The van der Waals surface area contributed by atoms with E-state index in [-0.39, 0.29) is 27.2 Å². The summed E-state index contributed by atoms with van der Waals surface area (Å²) in [6, 6.07) is 11.6. The van der Waals surface area contributed by atoms with Gasteiger partial charge in [0.2, 0.25) is 15.0 Å². The molecule has 0 unspecified atom stereocenters. The summed E-state index contributed by atoms with van der Waals surface area (Å²) in [6.45, 7) is 1.81. The normalized spacial score (nSPS) is 11.3. The van der Waals surface area contributed by atoms with Crippen molar-refractivity contribution in [3.05, 3.63) is 80.6 Å². The summed E-state index contributed by atoms with van der Waals surface area (Å²) in [5.74, 6) is -1.03. The standard InChI is InChI=1S/C19H14Cl3N3O3S/c1-11-4-2-3-5-12(11)10-29(27,28)19-23-9-15(22)17(25-19)18(26)24-16-7-6-13(20)8-14(16)21/h2-9H,10H2,1H3,(H,24,26). The van der Waals surface area contributed by atoms with Crippen LogP contribution in [0.25, 0.3) is 0 Å². The number of halogens is 3. The Morgan fingerprint density at radius 1 is 1.07 bits per heavy atom. The summed E-state index contributed by atoms with van der Waals surface area (Å²) in [7, 11) is -3.90. The van der Waals surface area contributed by atoms with E-state index in [1.807, 2.05) is 19.1 Å². The number of anilines is 1. The topological polar surface area (TPSA) is 89.0 Å². The van der Waals surface area contributed by atoms with Crippen molar-refractivity contribution in [1.82, 2.24) is 9.97 Å². The fraction of sp³-hybridized carbons (Fsp3) is 0.105. The third kappa shape index (κ3) is 5.05. The molecule has 1 amide bonds. The van der Waals surface area contributed by atoms with Gasteiger partial charge in [-0.3, -0.25) is 4.79 Å². The molecule has 1 aromatic heterocycles. The van der Waals surface area contributed by atoms with Gasteiger partial charge in [0.05, 0.1) is 27.7 Å². The SMILES string of the molecule is Cc1ccccc1CS(=O)(=O)c1ncc(Cl)c(C(=O)Nc2ccc(Cl)cc2Cl)n1. The molecule has 0 bridgehead atoms. The molecule has 150 valence electrons. The minimum absolute atomic E-state index is 0.0950. The van der Waals surface area contributed by atoms with Crippen molar-refractivity contribution in [2.45, 2.75) is 17.8 Å². The third-order valence-corrected chi connectivity index (χ3v) is 6.27. The Kier molecular flexibility index (Phi) is 6.43. The Labute approximate surface area is 182 Å². The van der Waals surface area contributed by atoms with E-state index in [2.05, 4.69) is 15.3 Å². The number of aryl methyl sites for hydroxylation is 1. The van der Waals surface area contributed by atoms with Crippen molar-refractivity contribution in [2.75, 3.05) is 5.32 Å². The van der Waals surface area contributed by atoms with Crippen LogP contribution in [0.2, 0.25) is 15.1 Å². The average Bonchev–Trinajstić information content (AvgIpc) is 2.66. The second-order valence-electron chi connectivity index (χ2n) is 6.11. The summed E-state index contributed by atoms with van der Waals surface area (Å²) in [5.41, 5.74) is 1.43. The number of carbonyl (C=O) groups is 1. The number of amides is 1. The van der Waals surface area contributed by atoms with E-state index in [9.17, 15) is 13.2 Å². The van der Waals surface area contributed by atoms with Gasteiger partial charge in [0, 0.05) is 5.02 Å². The van der Waals surface area contributed by atoms with Gasteiger partial charge in [0.25, 0.3) is 5.91 Å². The Hall–Kier alpha value is -2.19. The summed E-state index contributed by atoms with van der Waals surface area (Å²) in [6.07, 6.45) is 1.08. The number of aromatic nitrogens is 2. The van der Waals surface area contributed by atoms with Gasteiger partial charge in [-0.1, -0.05) is 59.1 Å². The van der Waals surface area contributed by atoms with Gasteiger partial charge < -0.3 is 5.32 Å².